The summed E-state index contributed by atoms with van der Waals surface area (Å²) in [7, 11) is 4.02. The van der Waals surface area contributed by atoms with Crippen LogP contribution in [0.1, 0.15) is 11.4 Å². The first-order chi connectivity index (χ1) is 9.19. The van der Waals surface area contributed by atoms with E-state index in [1.54, 1.807) is 0 Å². The van der Waals surface area contributed by atoms with Crippen molar-refractivity contribution in [1.82, 2.24) is 15.2 Å². The van der Waals surface area contributed by atoms with Crippen molar-refractivity contribution in [1.29, 1.82) is 0 Å². The molecule has 1 aromatic rings. The summed E-state index contributed by atoms with van der Waals surface area (Å²) >= 11 is 0. The molecule has 1 N–H and O–H groups in total. The lowest BCUT2D eigenvalue weighted by Crippen LogP contribution is -2.42. The van der Waals surface area contributed by atoms with Crippen LogP contribution >= 0.6 is 0 Å². The summed E-state index contributed by atoms with van der Waals surface area (Å²) in [5, 5.41) is 3.11. The van der Waals surface area contributed by atoms with Crippen LogP contribution in [0.25, 0.3) is 0 Å². The third kappa shape index (κ3) is 4.16. The number of morpholine rings is 1. The summed E-state index contributed by atoms with van der Waals surface area (Å²) in [6, 6.07) is 3.96. The lowest BCUT2D eigenvalue weighted by Gasteiger charge is -2.30. The van der Waals surface area contributed by atoms with Gasteiger partial charge in [0.2, 0.25) is 0 Å². The maximum atomic E-state index is 5.88. The molecule has 1 aromatic heterocycles. The van der Waals surface area contributed by atoms with Gasteiger partial charge in [-0.05, 0) is 33.2 Å². The standard InChI is InChI=1S/C14H23N3O2/c1-11-4-5-14(13(16-11)8-15-2)19-10-12-9-17(3)6-7-18-12/h4-5,12,15H,6-10H2,1-3H3. The van der Waals surface area contributed by atoms with Gasteiger partial charge in [-0.25, -0.2) is 0 Å². The van der Waals surface area contributed by atoms with Crippen molar-refractivity contribution in [2.45, 2.75) is 19.6 Å². The van der Waals surface area contributed by atoms with Gasteiger partial charge >= 0.3 is 0 Å². The Balaban J connectivity index is 1.94. The van der Waals surface area contributed by atoms with Crippen molar-refractivity contribution in [2.75, 3.05) is 40.4 Å². The first kappa shape index (κ1) is 14.2. The number of hydrogen-bond donors (Lipinski definition) is 1. The topological polar surface area (TPSA) is 46.6 Å². The summed E-state index contributed by atoms with van der Waals surface area (Å²) in [5.41, 5.74) is 1.96. The second kappa shape index (κ2) is 6.84. The van der Waals surface area contributed by atoms with E-state index in [9.17, 15) is 0 Å². The van der Waals surface area contributed by atoms with Gasteiger partial charge in [-0.15, -0.1) is 0 Å². The molecule has 2 rings (SSSR count). The zero-order chi connectivity index (χ0) is 13.7. The first-order valence-electron chi connectivity index (χ1n) is 6.73. The smallest absolute Gasteiger partial charge is 0.142 e. The SMILES string of the molecule is CNCc1nc(C)ccc1OCC1CN(C)CCO1. The molecule has 1 unspecified atom stereocenters. The number of ether oxygens (including phenoxy) is 2. The number of likely N-dealkylation sites (N-methyl/N-ethyl adjacent to an activating group) is 1. The molecular weight excluding hydrogens is 242 g/mol. The van der Waals surface area contributed by atoms with Crippen LogP contribution in [0.4, 0.5) is 0 Å². The Morgan fingerprint density at radius 2 is 2.37 bits per heavy atom. The van der Waals surface area contributed by atoms with Crippen LogP contribution in [-0.2, 0) is 11.3 Å². The molecule has 5 nitrogen and oxygen atoms in total. The zero-order valence-electron chi connectivity index (χ0n) is 12.0. The molecule has 1 aliphatic heterocycles. The second-order valence-electron chi connectivity index (χ2n) is 4.99. The van der Waals surface area contributed by atoms with Crippen LogP contribution in [0.15, 0.2) is 12.1 Å². The molecule has 0 aliphatic carbocycles. The predicted molar refractivity (Wildman–Crippen MR) is 74.5 cm³/mol. The molecule has 2 heterocycles. The van der Waals surface area contributed by atoms with E-state index in [0.717, 1.165) is 36.8 Å². The summed E-state index contributed by atoms with van der Waals surface area (Å²) < 4.78 is 11.6. The lowest BCUT2D eigenvalue weighted by molar-refractivity contribution is -0.0405. The fourth-order valence-electron chi connectivity index (χ4n) is 2.17. The normalized spacial score (nSPS) is 20.5. The van der Waals surface area contributed by atoms with Gasteiger partial charge in [0.1, 0.15) is 18.5 Å². The van der Waals surface area contributed by atoms with Crippen LogP contribution < -0.4 is 10.1 Å². The fourth-order valence-corrected chi connectivity index (χ4v) is 2.17. The summed E-state index contributed by atoms with van der Waals surface area (Å²) in [5.74, 6) is 0.844. The Bertz CT molecular complexity index is 412. The molecule has 0 radical (unpaired) electrons. The highest BCUT2D eigenvalue weighted by atomic mass is 16.5. The van der Waals surface area contributed by atoms with E-state index in [1.165, 1.54) is 0 Å². The average molecular weight is 265 g/mol. The maximum absolute atomic E-state index is 5.88. The molecule has 5 heteroatoms. The third-order valence-corrected chi connectivity index (χ3v) is 3.18. The monoisotopic (exact) mass is 265 g/mol. The molecule has 106 valence electrons. The second-order valence-corrected chi connectivity index (χ2v) is 4.99. The number of aryl methyl sites for hydroxylation is 1. The van der Waals surface area contributed by atoms with Crippen LogP contribution in [0.3, 0.4) is 0 Å². The number of pyridine rings is 1. The van der Waals surface area contributed by atoms with Crippen LogP contribution in [0, 0.1) is 6.92 Å². The quantitative estimate of drug-likeness (QED) is 0.854. The Hall–Kier alpha value is -1.17. The minimum Gasteiger partial charge on any atom is -0.489 e. The molecule has 1 atom stereocenters. The third-order valence-electron chi connectivity index (χ3n) is 3.18. The zero-order valence-corrected chi connectivity index (χ0v) is 12.0. The molecule has 0 amide bonds. The average Bonchev–Trinajstić information content (AvgIpc) is 2.38. The van der Waals surface area contributed by atoms with Gasteiger partial charge in [-0.3, -0.25) is 4.98 Å². The largest absolute Gasteiger partial charge is 0.489 e. The van der Waals surface area contributed by atoms with Gasteiger partial charge in [0, 0.05) is 25.3 Å². The molecule has 0 saturated carbocycles. The Labute approximate surface area is 114 Å². The number of nitrogens with one attached hydrogen (secondary N) is 1. The predicted octanol–water partition coefficient (Wildman–Crippen LogP) is 0.819. The Morgan fingerprint density at radius 1 is 1.53 bits per heavy atom. The molecular formula is C14H23N3O2. The highest BCUT2D eigenvalue weighted by Gasteiger charge is 2.18. The minimum atomic E-state index is 0.141. The minimum absolute atomic E-state index is 0.141. The number of rotatable bonds is 5. The maximum Gasteiger partial charge on any atom is 0.142 e. The molecule has 1 aliphatic rings. The van der Waals surface area contributed by atoms with Gasteiger partial charge in [-0.2, -0.15) is 0 Å². The van der Waals surface area contributed by atoms with E-state index in [1.807, 2.05) is 26.1 Å². The highest BCUT2D eigenvalue weighted by Crippen LogP contribution is 2.17. The van der Waals surface area contributed by atoms with Gasteiger partial charge < -0.3 is 19.7 Å². The van der Waals surface area contributed by atoms with Crippen molar-refractivity contribution in [3.05, 3.63) is 23.5 Å². The highest BCUT2D eigenvalue weighted by molar-refractivity contribution is 5.29. The van der Waals surface area contributed by atoms with E-state index in [2.05, 4.69) is 22.2 Å². The van der Waals surface area contributed by atoms with E-state index < -0.39 is 0 Å². The molecule has 1 saturated heterocycles. The van der Waals surface area contributed by atoms with Gasteiger partial charge in [0.15, 0.2) is 0 Å². The van der Waals surface area contributed by atoms with Crippen molar-refractivity contribution < 1.29 is 9.47 Å². The van der Waals surface area contributed by atoms with E-state index in [-0.39, 0.29) is 6.10 Å². The van der Waals surface area contributed by atoms with Crippen molar-refractivity contribution in [2.24, 2.45) is 0 Å². The van der Waals surface area contributed by atoms with Gasteiger partial charge in [-0.1, -0.05) is 0 Å². The first-order valence-corrected chi connectivity index (χ1v) is 6.73. The lowest BCUT2D eigenvalue weighted by atomic mass is 10.2. The summed E-state index contributed by atoms with van der Waals surface area (Å²) in [6.45, 7) is 5.96. The summed E-state index contributed by atoms with van der Waals surface area (Å²) in [6.07, 6.45) is 0.141. The number of hydrogen-bond acceptors (Lipinski definition) is 5. The molecule has 0 bridgehead atoms. The fraction of sp³-hybridized carbons (Fsp3) is 0.643. The van der Waals surface area contributed by atoms with Crippen LogP contribution in [0.5, 0.6) is 5.75 Å². The van der Waals surface area contributed by atoms with Crippen molar-refractivity contribution in [3.8, 4) is 5.75 Å². The van der Waals surface area contributed by atoms with Crippen molar-refractivity contribution >= 4 is 0 Å². The van der Waals surface area contributed by atoms with Crippen molar-refractivity contribution in [3.63, 3.8) is 0 Å². The summed E-state index contributed by atoms with van der Waals surface area (Å²) in [4.78, 5) is 6.77. The Kier molecular flexibility index (Phi) is 5.13. The van der Waals surface area contributed by atoms with E-state index >= 15 is 0 Å². The Morgan fingerprint density at radius 3 is 3.11 bits per heavy atom. The molecule has 0 spiro atoms. The van der Waals surface area contributed by atoms with E-state index in [4.69, 9.17) is 9.47 Å². The number of aromatic nitrogens is 1. The van der Waals surface area contributed by atoms with Crippen LogP contribution in [0.2, 0.25) is 0 Å². The molecule has 0 aromatic carbocycles. The molecule has 19 heavy (non-hydrogen) atoms. The van der Waals surface area contributed by atoms with Gasteiger partial charge in [0.25, 0.3) is 0 Å². The van der Waals surface area contributed by atoms with Gasteiger partial charge in [0.05, 0.1) is 12.3 Å². The van der Waals surface area contributed by atoms with Crippen LogP contribution in [-0.4, -0.2) is 56.4 Å². The molecule has 1 fully saturated rings. The number of nitrogens with zero attached hydrogens (tertiary/aromatic N) is 2. The van der Waals surface area contributed by atoms with E-state index in [0.29, 0.717) is 13.2 Å².